The van der Waals surface area contributed by atoms with E-state index in [1.54, 1.807) is 0 Å². The van der Waals surface area contributed by atoms with Crippen LogP contribution in [-0.4, -0.2) is 23.4 Å². The van der Waals surface area contributed by atoms with Crippen LogP contribution in [0.25, 0.3) is 0 Å². The Morgan fingerprint density at radius 2 is 1.20 bits per heavy atom. The zero-order chi connectivity index (χ0) is 8.24. The molecule has 0 rings (SSSR count). The Morgan fingerprint density at radius 1 is 0.900 bits per heavy atom. The number of rotatable bonds is 3. The topological polar surface area (TPSA) is 40.5 Å². The van der Waals surface area contributed by atoms with E-state index in [0.717, 1.165) is 12.8 Å². The van der Waals surface area contributed by atoms with Crippen LogP contribution in [0.2, 0.25) is 0 Å². The minimum atomic E-state index is 0.195. The molecular weight excluding hydrogens is 128 g/mol. The fourth-order valence-corrected chi connectivity index (χ4v) is 0.224. The summed E-state index contributed by atoms with van der Waals surface area (Å²) in [5, 5.41) is 16.2. The Bertz CT molecular complexity index is 79.2. The Hall–Kier alpha value is -0.520. The van der Waals surface area contributed by atoms with Gasteiger partial charge in [-0.15, -0.1) is 11.8 Å². The summed E-state index contributed by atoms with van der Waals surface area (Å²) >= 11 is 0. The highest BCUT2D eigenvalue weighted by Crippen LogP contribution is 1.80. The molecule has 0 bridgehead atoms. The summed E-state index contributed by atoms with van der Waals surface area (Å²) in [5.41, 5.74) is 0. The number of hydrogen-bond donors (Lipinski definition) is 2. The average Bonchev–Trinajstić information content (AvgIpc) is 2.01. The van der Waals surface area contributed by atoms with Crippen LogP contribution >= 0.6 is 0 Å². The zero-order valence-electron chi connectivity index (χ0n) is 6.72. The van der Waals surface area contributed by atoms with Crippen LogP contribution in [0.4, 0.5) is 0 Å². The van der Waals surface area contributed by atoms with Crippen LogP contribution in [0.1, 0.15) is 26.7 Å². The van der Waals surface area contributed by atoms with Gasteiger partial charge in [0.25, 0.3) is 0 Å². The van der Waals surface area contributed by atoms with Crippen molar-refractivity contribution < 1.29 is 10.2 Å². The number of unbranched alkanes of at least 4 members (excludes halogenated alkanes) is 1. The van der Waals surface area contributed by atoms with Gasteiger partial charge >= 0.3 is 0 Å². The lowest BCUT2D eigenvalue weighted by molar-refractivity contribution is 0.242. The monoisotopic (exact) mass is 144 g/mol. The Morgan fingerprint density at radius 3 is 1.30 bits per heavy atom. The molecule has 0 fully saturated rings. The van der Waals surface area contributed by atoms with E-state index in [1.807, 2.05) is 13.8 Å². The summed E-state index contributed by atoms with van der Waals surface area (Å²) in [6.45, 7) is 4.03. The molecule has 0 aliphatic heterocycles. The van der Waals surface area contributed by atoms with Crippen molar-refractivity contribution in [1.29, 1.82) is 0 Å². The molecule has 0 aliphatic carbocycles. The first-order valence-electron chi connectivity index (χ1n) is 3.38. The van der Waals surface area contributed by atoms with Crippen LogP contribution in [0.3, 0.4) is 0 Å². The lowest BCUT2D eigenvalue weighted by atomic mass is 10.3. The summed E-state index contributed by atoms with van der Waals surface area (Å²) in [6, 6.07) is 0. The standard InChI is InChI=1S/C4H10O2.C4H6/c5-3-1-2-4-6;1-3-4-2/h5-6H,1-4H2;1-2H3. The first-order chi connectivity index (χ1) is 4.83. The smallest absolute Gasteiger partial charge is 0.0431 e. The van der Waals surface area contributed by atoms with E-state index >= 15 is 0 Å². The third kappa shape index (κ3) is 25.9. The van der Waals surface area contributed by atoms with E-state index in [4.69, 9.17) is 10.2 Å². The second kappa shape index (κ2) is 15.8. The quantitative estimate of drug-likeness (QED) is 0.454. The molecule has 0 atom stereocenters. The largest absolute Gasteiger partial charge is 0.396 e. The molecule has 10 heavy (non-hydrogen) atoms. The first kappa shape index (κ1) is 12.2. The molecule has 2 nitrogen and oxygen atoms in total. The highest BCUT2D eigenvalue weighted by atomic mass is 16.3. The van der Waals surface area contributed by atoms with Gasteiger partial charge in [0, 0.05) is 13.2 Å². The lowest BCUT2D eigenvalue weighted by Crippen LogP contribution is -1.85. The first-order valence-corrected chi connectivity index (χ1v) is 3.38. The van der Waals surface area contributed by atoms with Gasteiger partial charge in [0.05, 0.1) is 0 Å². The van der Waals surface area contributed by atoms with Gasteiger partial charge in [-0.05, 0) is 26.7 Å². The highest BCUT2D eigenvalue weighted by molar-refractivity contribution is 4.89. The summed E-state index contributed by atoms with van der Waals surface area (Å²) < 4.78 is 0. The second-order valence-corrected chi connectivity index (χ2v) is 1.65. The zero-order valence-corrected chi connectivity index (χ0v) is 6.72. The summed E-state index contributed by atoms with van der Waals surface area (Å²) in [7, 11) is 0. The van der Waals surface area contributed by atoms with Crippen LogP contribution in [0.15, 0.2) is 0 Å². The van der Waals surface area contributed by atoms with Crippen molar-refractivity contribution in [1.82, 2.24) is 0 Å². The molecule has 2 heteroatoms. The molecule has 0 heterocycles. The Labute approximate surface area is 62.9 Å². The molecule has 0 radical (unpaired) electrons. The van der Waals surface area contributed by atoms with Crippen LogP contribution in [0, 0.1) is 11.8 Å². The highest BCUT2D eigenvalue weighted by Gasteiger charge is 1.77. The third-order valence-corrected chi connectivity index (χ3v) is 0.816. The van der Waals surface area contributed by atoms with Crippen molar-refractivity contribution in [3.8, 4) is 11.8 Å². The SMILES string of the molecule is CC#CC.OCCCCO. The molecule has 0 aliphatic rings. The van der Waals surface area contributed by atoms with Gasteiger partial charge in [0.1, 0.15) is 0 Å². The Kier molecular flexibility index (Phi) is 19.3. The Balaban J connectivity index is 0. The molecule has 0 saturated heterocycles. The molecule has 0 unspecified atom stereocenters. The fourth-order valence-electron chi connectivity index (χ4n) is 0.224. The molecule has 0 aromatic rings. The van der Waals surface area contributed by atoms with Crippen molar-refractivity contribution in [3.05, 3.63) is 0 Å². The van der Waals surface area contributed by atoms with E-state index < -0.39 is 0 Å². The van der Waals surface area contributed by atoms with Gasteiger partial charge in [-0.2, -0.15) is 0 Å². The van der Waals surface area contributed by atoms with Crippen molar-refractivity contribution in [2.45, 2.75) is 26.7 Å². The van der Waals surface area contributed by atoms with Crippen LogP contribution < -0.4 is 0 Å². The van der Waals surface area contributed by atoms with Crippen LogP contribution in [0.5, 0.6) is 0 Å². The van der Waals surface area contributed by atoms with Crippen molar-refractivity contribution >= 4 is 0 Å². The van der Waals surface area contributed by atoms with Gasteiger partial charge in [0.2, 0.25) is 0 Å². The third-order valence-electron chi connectivity index (χ3n) is 0.816. The van der Waals surface area contributed by atoms with E-state index in [-0.39, 0.29) is 13.2 Å². The maximum Gasteiger partial charge on any atom is 0.0431 e. The van der Waals surface area contributed by atoms with E-state index in [0.29, 0.717) is 0 Å². The van der Waals surface area contributed by atoms with Gasteiger partial charge < -0.3 is 10.2 Å². The predicted molar refractivity (Wildman–Crippen MR) is 42.5 cm³/mol. The van der Waals surface area contributed by atoms with Crippen molar-refractivity contribution in [2.24, 2.45) is 0 Å². The maximum atomic E-state index is 8.09. The molecular formula is C8H16O2. The van der Waals surface area contributed by atoms with E-state index in [1.165, 1.54) is 0 Å². The number of aliphatic hydroxyl groups is 2. The van der Waals surface area contributed by atoms with E-state index in [2.05, 4.69) is 11.8 Å². The fraction of sp³-hybridized carbons (Fsp3) is 0.750. The maximum absolute atomic E-state index is 8.09. The molecule has 0 spiro atoms. The minimum absolute atomic E-state index is 0.195. The van der Waals surface area contributed by atoms with Gasteiger partial charge in [0.15, 0.2) is 0 Å². The molecule has 2 N–H and O–H groups in total. The van der Waals surface area contributed by atoms with Gasteiger partial charge in [-0.25, -0.2) is 0 Å². The number of hydrogen-bond acceptors (Lipinski definition) is 2. The average molecular weight is 144 g/mol. The van der Waals surface area contributed by atoms with Crippen molar-refractivity contribution in [3.63, 3.8) is 0 Å². The van der Waals surface area contributed by atoms with Gasteiger partial charge in [-0.3, -0.25) is 0 Å². The normalized spacial score (nSPS) is 6.80. The molecule has 0 aromatic carbocycles. The summed E-state index contributed by atoms with van der Waals surface area (Å²) in [5.74, 6) is 5.36. The predicted octanol–water partition coefficient (Wildman–Crippen LogP) is 0.781. The summed E-state index contributed by atoms with van der Waals surface area (Å²) in [4.78, 5) is 0. The molecule has 0 amide bonds. The molecule has 0 saturated carbocycles. The van der Waals surface area contributed by atoms with Crippen LogP contribution in [-0.2, 0) is 0 Å². The second-order valence-electron chi connectivity index (χ2n) is 1.65. The molecule has 60 valence electrons. The van der Waals surface area contributed by atoms with Gasteiger partial charge in [-0.1, -0.05) is 0 Å². The van der Waals surface area contributed by atoms with E-state index in [9.17, 15) is 0 Å². The molecule has 0 aromatic heterocycles. The van der Waals surface area contributed by atoms with Crippen molar-refractivity contribution in [2.75, 3.05) is 13.2 Å². The lowest BCUT2D eigenvalue weighted by Gasteiger charge is -1.85. The summed E-state index contributed by atoms with van der Waals surface area (Å²) in [6.07, 6.45) is 1.44. The minimum Gasteiger partial charge on any atom is -0.396 e. The number of aliphatic hydroxyl groups excluding tert-OH is 2.